The minimum atomic E-state index is -0.931. The van der Waals surface area contributed by atoms with Crippen molar-refractivity contribution in [2.45, 2.75) is 57.9 Å². The molecule has 0 heterocycles. The van der Waals surface area contributed by atoms with Gasteiger partial charge in [-0.15, -0.1) is 0 Å². The molecule has 0 saturated heterocycles. The van der Waals surface area contributed by atoms with Gasteiger partial charge in [0.25, 0.3) is 0 Å². The minimum Gasteiger partial charge on any atom is -0.550 e. The number of carboxylic acid groups (broad SMARTS) is 1. The van der Waals surface area contributed by atoms with Gasteiger partial charge in [-0.3, -0.25) is 0 Å². The summed E-state index contributed by atoms with van der Waals surface area (Å²) < 4.78 is 0. The Balaban J connectivity index is 3.11. The molecule has 0 aromatic heterocycles. The van der Waals surface area contributed by atoms with E-state index in [1.54, 1.807) is 0 Å². The molecule has 0 fully saturated rings. The molecule has 0 radical (unpaired) electrons. The molecule has 0 aliphatic carbocycles. The van der Waals surface area contributed by atoms with E-state index in [0.717, 1.165) is 25.7 Å². The van der Waals surface area contributed by atoms with Crippen LogP contribution in [0.25, 0.3) is 0 Å². The van der Waals surface area contributed by atoms with Gasteiger partial charge in [0.05, 0.1) is 6.04 Å². The van der Waals surface area contributed by atoms with Crippen molar-refractivity contribution in [3.05, 3.63) is 0 Å². The molecular formula is C10H21NO2. The first kappa shape index (κ1) is 12.4. The molecule has 1 atom stereocenters. The molecule has 0 saturated carbocycles. The van der Waals surface area contributed by atoms with E-state index in [0.29, 0.717) is 6.04 Å². The highest BCUT2D eigenvalue weighted by atomic mass is 16.4. The van der Waals surface area contributed by atoms with Crippen molar-refractivity contribution in [2.75, 3.05) is 0 Å². The number of quaternary nitrogens is 1. The van der Waals surface area contributed by atoms with Crippen molar-refractivity contribution in [3.63, 3.8) is 0 Å². The van der Waals surface area contributed by atoms with Crippen molar-refractivity contribution in [1.29, 1.82) is 0 Å². The van der Waals surface area contributed by atoms with Crippen molar-refractivity contribution in [3.8, 4) is 0 Å². The van der Waals surface area contributed by atoms with Gasteiger partial charge in [0.1, 0.15) is 0 Å². The number of aliphatic carboxylic acids is 1. The van der Waals surface area contributed by atoms with Gasteiger partial charge >= 0.3 is 0 Å². The lowest BCUT2D eigenvalue weighted by Gasteiger charge is -2.06. The fourth-order valence-corrected chi connectivity index (χ4v) is 1.43. The number of carbonyl (C=O) groups excluding carboxylic acids is 1. The number of carbonyl (C=O) groups is 1. The highest BCUT2D eigenvalue weighted by Crippen LogP contribution is 2.06. The number of rotatable bonds is 8. The zero-order valence-electron chi connectivity index (χ0n) is 8.55. The number of hydrogen-bond acceptors (Lipinski definition) is 2. The quantitative estimate of drug-likeness (QED) is 0.547. The van der Waals surface area contributed by atoms with Crippen LogP contribution in [0.2, 0.25) is 0 Å². The Morgan fingerprint density at radius 2 is 2.00 bits per heavy atom. The molecule has 0 amide bonds. The van der Waals surface area contributed by atoms with Gasteiger partial charge < -0.3 is 15.6 Å². The van der Waals surface area contributed by atoms with Gasteiger partial charge in [0.15, 0.2) is 0 Å². The van der Waals surface area contributed by atoms with E-state index in [1.807, 2.05) is 0 Å². The summed E-state index contributed by atoms with van der Waals surface area (Å²) in [6.45, 7) is 2.16. The molecule has 3 N–H and O–H groups in total. The summed E-state index contributed by atoms with van der Waals surface area (Å²) in [5.74, 6) is -0.931. The normalized spacial score (nSPS) is 12.8. The fourth-order valence-electron chi connectivity index (χ4n) is 1.43. The molecule has 0 bridgehead atoms. The lowest BCUT2D eigenvalue weighted by Crippen LogP contribution is -2.60. The predicted octanol–water partition coefficient (Wildman–Crippen LogP) is 0.0974. The van der Waals surface area contributed by atoms with E-state index in [9.17, 15) is 9.90 Å². The first-order valence-corrected chi connectivity index (χ1v) is 5.19. The van der Waals surface area contributed by atoms with E-state index in [-0.39, 0.29) is 6.42 Å². The minimum absolute atomic E-state index is 0.204. The van der Waals surface area contributed by atoms with Crippen molar-refractivity contribution >= 4 is 5.97 Å². The van der Waals surface area contributed by atoms with Crippen LogP contribution in [0.5, 0.6) is 0 Å². The summed E-state index contributed by atoms with van der Waals surface area (Å²) in [5.41, 5.74) is 4.03. The lowest BCUT2D eigenvalue weighted by molar-refractivity contribution is -0.422. The Kier molecular flexibility index (Phi) is 7.69. The van der Waals surface area contributed by atoms with Crippen LogP contribution in [0, 0.1) is 0 Å². The lowest BCUT2D eigenvalue weighted by atomic mass is 10.0. The van der Waals surface area contributed by atoms with Gasteiger partial charge in [-0.1, -0.05) is 19.8 Å². The summed E-state index contributed by atoms with van der Waals surface area (Å²) in [6.07, 6.45) is 6.54. The van der Waals surface area contributed by atoms with Crippen molar-refractivity contribution < 1.29 is 15.6 Å². The molecular weight excluding hydrogens is 166 g/mol. The molecule has 0 aliphatic heterocycles. The van der Waals surface area contributed by atoms with Crippen LogP contribution >= 0.6 is 0 Å². The first-order valence-electron chi connectivity index (χ1n) is 5.19. The molecule has 0 rings (SSSR count). The topological polar surface area (TPSA) is 67.8 Å². The molecule has 0 aliphatic rings. The second-order valence-electron chi connectivity index (χ2n) is 3.63. The molecule has 3 heteroatoms. The van der Waals surface area contributed by atoms with Gasteiger partial charge in [0, 0.05) is 5.97 Å². The molecule has 0 aromatic rings. The SMILES string of the molecule is CCC[C@@H]([NH3+])CCCCCC(=O)[O-]. The van der Waals surface area contributed by atoms with Crippen LogP contribution in [0.4, 0.5) is 0 Å². The summed E-state index contributed by atoms with van der Waals surface area (Å²) in [5, 5.41) is 10.1. The zero-order chi connectivity index (χ0) is 10.1. The van der Waals surface area contributed by atoms with Gasteiger partial charge in [-0.2, -0.15) is 0 Å². The fraction of sp³-hybridized carbons (Fsp3) is 0.900. The van der Waals surface area contributed by atoms with Crippen molar-refractivity contribution in [1.82, 2.24) is 0 Å². The van der Waals surface area contributed by atoms with E-state index < -0.39 is 5.97 Å². The van der Waals surface area contributed by atoms with Gasteiger partial charge in [-0.25, -0.2) is 0 Å². The summed E-state index contributed by atoms with van der Waals surface area (Å²) in [7, 11) is 0. The summed E-state index contributed by atoms with van der Waals surface area (Å²) >= 11 is 0. The third kappa shape index (κ3) is 9.34. The van der Waals surface area contributed by atoms with E-state index in [1.165, 1.54) is 12.8 Å². The molecule has 78 valence electrons. The Labute approximate surface area is 80.3 Å². The number of carboxylic acids is 1. The molecule has 3 nitrogen and oxygen atoms in total. The van der Waals surface area contributed by atoms with Crippen LogP contribution in [0.1, 0.15) is 51.9 Å². The maximum atomic E-state index is 10.1. The second kappa shape index (κ2) is 8.05. The zero-order valence-corrected chi connectivity index (χ0v) is 8.55. The van der Waals surface area contributed by atoms with Crippen LogP contribution in [0.3, 0.4) is 0 Å². The number of hydrogen-bond donors (Lipinski definition) is 1. The van der Waals surface area contributed by atoms with E-state index in [4.69, 9.17) is 0 Å². The molecule has 13 heavy (non-hydrogen) atoms. The summed E-state index contributed by atoms with van der Waals surface area (Å²) in [4.78, 5) is 10.1. The van der Waals surface area contributed by atoms with Crippen LogP contribution in [-0.2, 0) is 4.79 Å². The Bertz CT molecular complexity index is 137. The van der Waals surface area contributed by atoms with Crippen LogP contribution in [0.15, 0.2) is 0 Å². The third-order valence-electron chi connectivity index (χ3n) is 2.19. The Morgan fingerprint density at radius 1 is 1.31 bits per heavy atom. The van der Waals surface area contributed by atoms with Crippen LogP contribution < -0.4 is 10.8 Å². The highest BCUT2D eigenvalue weighted by molar-refractivity contribution is 5.63. The van der Waals surface area contributed by atoms with E-state index >= 15 is 0 Å². The average molecular weight is 187 g/mol. The molecule has 0 unspecified atom stereocenters. The summed E-state index contributed by atoms with van der Waals surface area (Å²) in [6, 6.07) is 0.549. The van der Waals surface area contributed by atoms with Gasteiger partial charge in [0.2, 0.25) is 0 Å². The maximum Gasteiger partial charge on any atom is 0.0843 e. The second-order valence-corrected chi connectivity index (χ2v) is 3.63. The Hall–Kier alpha value is -0.570. The van der Waals surface area contributed by atoms with Crippen molar-refractivity contribution in [2.24, 2.45) is 0 Å². The smallest absolute Gasteiger partial charge is 0.0843 e. The maximum absolute atomic E-state index is 10.1. The monoisotopic (exact) mass is 187 g/mol. The molecule has 0 spiro atoms. The highest BCUT2D eigenvalue weighted by Gasteiger charge is 2.03. The third-order valence-corrected chi connectivity index (χ3v) is 2.19. The largest absolute Gasteiger partial charge is 0.550 e. The first-order chi connectivity index (χ1) is 6.16. The Morgan fingerprint density at radius 3 is 2.54 bits per heavy atom. The average Bonchev–Trinajstić information content (AvgIpc) is 2.03. The number of unbranched alkanes of at least 4 members (excludes halogenated alkanes) is 2. The van der Waals surface area contributed by atoms with E-state index in [2.05, 4.69) is 12.7 Å². The standard InChI is InChI=1S/C10H21NO2/c1-2-6-9(11)7-4-3-5-8-10(12)13/h9H,2-8,11H2,1H3,(H,12,13)/t9-/m1/s1. The van der Waals surface area contributed by atoms with Crippen LogP contribution in [-0.4, -0.2) is 12.0 Å². The predicted molar refractivity (Wildman–Crippen MR) is 49.7 cm³/mol. The van der Waals surface area contributed by atoms with Gasteiger partial charge in [-0.05, 0) is 32.1 Å². The molecule has 0 aromatic carbocycles.